The first-order valence-corrected chi connectivity index (χ1v) is 12.1. The van der Waals surface area contributed by atoms with Crippen LogP contribution in [-0.2, 0) is 0 Å². The van der Waals surface area contributed by atoms with Gasteiger partial charge in [-0.25, -0.2) is 23.7 Å². The van der Waals surface area contributed by atoms with E-state index in [0.717, 1.165) is 38.7 Å². The van der Waals surface area contributed by atoms with Gasteiger partial charge < -0.3 is 14.8 Å². The zero-order valence-corrected chi connectivity index (χ0v) is 20.5. The second-order valence-corrected chi connectivity index (χ2v) is 9.31. The molecule has 5 rings (SSSR count). The van der Waals surface area contributed by atoms with Crippen molar-refractivity contribution in [3.63, 3.8) is 0 Å². The molecule has 0 bridgehead atoms. The highest BCUT2D eigenvalue weighted by Crippen LogP contribution is 2.30. The number of halogens is 2. The van der Waals surface area contributed by atoms with Crippen LogP contribution in [0.4, 0.5) is 20.5 Å². The fourth-order valence-corrected chi connectivity index (χ4v) is 4.91. The third-order valence-electron chi connectivity index (χ3n) is 6.69. The Morgan fingerprint density at radius 2 is 1.89 bits per heavy atom. The molecule has 0 aliphatic carbocycles. The van der Waals surface area contributed by atoms with Crippen LogP contribution in [0.5, 0.6) is 0 Å². The molecule has 8 nitrogen and oxygen atoms in total. The van der Waals surface area contributed by atoms with Crippen molar-refractivity contribution in [3.05, 3.63) is 48.1 Å². The summed E-state index contributed by atoms with van der Waals surface area (Å²) in [6.45, 7) is 11.2. The summed E-state index contributed by atoms with van der Waals surface area (Å²) in [7, 11) is 0. The largest absolute Gasteiger partial charge is 0.326 e. The van der Waals surface area contributed by atoms with Gasteiger partial charge in [-0.15, -0.1) is 0 Å². The summed E-state index contributed by atoms with van der Waals surface area (Å²) in [5.41, 5.74) is 1.22. The Morgan fingerprint density at radius 3 is 2.60 bits per heavy atom. The molecule has 1 aliphatic heterocycles. The molecule has 0 spiro atoms. The molecule has 35 heavy (non-hydrogen) atoms. The molecule has 1 aromatic carbocycles. The Labute approximate surface area is 203 Å². The molecule has 0 amide bonds. The second-order valence-electron chi connectivity index (χ2n) is 9.31. The zero-order chi connectivity index (χ0) is 24.7. The number of benzene rings is 1. The van der Waals surface area contributed by atoms with Gasteiger partial charge in [-0.2, -0.15) is 5.10 Å². The Morgan fingerprint density at radius 1 is 1.11 bits per heavy atom. The molecule has 3 aromatic heterocycles. The van der Waals surface area contributed by atoms with E-state index in [-0.39, 0.29) is 23.2 Å². The number of anilines is 2. The van der Waals surface area contributed by atoms with E-state index in [9.17, 15) is 8.78 Å². The number of rotatable bonds is 6. The molecule has 0 radical (unpaired) electrons. The number of likely N-dealkylation sites (tertiary alicyclic amines) is 1. The minimum atomic E-state index is -0.630. The van der Waals surface area contributed by atoms with E-state index in [1.54, 1.807) is 6.07 Å². The highest BCUT2D eigenvalue weighted by atomic mass is 19.1. The summed E-state index contributed by atoms with van der Waals surface area (Å²) < 4.78 is 33.6. The van der Waals surface area contributed by atoms with Gasteiger partial charge in [0.1, 0.15) is 17.0 Å². The summed E-state index contributed by atoms with van der Waals surface area (Å²) in [5, 5.41) is 7.70. The molecule has 4 heterocycles. The molecule has 184 valence electrons. The summed E-state index contributed by atoms with van der Waals surface area (Å²) in [6, 6.07) is 5.28. The fraction of sp³-hybridized carbons (Fsp3) is 0.440. The first-order valence-electron chi connectivity index (χ1n) is 12.1. The molecular weight excluding hydrogens is 450 g/mol. The number of aromatic nitrogens is 6. The van der Waals surface area contributed by atoms with Crippen LogP contribution < -0.4 is 5.32 Å². The maximum absolute atomic E-state index is 14.9. The lowest BCUT2D eigenvalue weighted by Crippen LogP contribution is -2.34. The van der Waals surface area contributed by atoms with Crippen molar-refractivity contribution in [1.29, 1.82) is 0 Å². The van der Waals surface area contributed by atoms with Gasteiger partial charge in [0.25, 0.3) is 0 Å². The number of fused-ring (bicyclic) bond motifs is 1. The topological polar surface area (TPSA) is 76.7 Å². The fourth-order valence-electron chi connectivity index (χ4n) is 4.91. The van der Waals surface area contributed by atoms with E-state index < -0.39 is 11.6 Å². The predicted octanol–water partition coefficient (Wildman–Crippen LogP) is 5.26. The van der Waals surface area contributed by atoms with Gasteiger partial charge in [-0.3, -0.25) is 4.68 Å². The van der Waals surface area contributed by atoms with Gasteiger partial charge in [0.05, 0.1) is 17.8 Å². The molecule has 1 saturated heterocycles. The average molecular weight is 481 g/mol. The van der Waals surface area contributed by atoms with E-state index in [4.69, 9.17) is 0 Å². The lowest BCUT2D eigenvalue weighted by atomic mass is 10.1. The van der Waals surface area contributed by atoms with E-state index in [0.29, 0.717) is 28.8 Å². The zero-order valence-electron chi connectivity index (χ0n) is 20.5. The summed E-state index contributed by atoms with van der Waals surface area (Å²) in [6.07, 6.45) is 5.13. The Bertz CT molecular complexity index is 1350. The Hall–Kier alpha value is -3.40. The van der Waals surface area contributed by atoms with Gasteiger partial charge >= 0.3 is 0 Å². The minimum Gasteiger partial charge on any atom is -0.326 e. The van der Waals surface area contributed by atoms with Crippen LogP contribution in [0.25, 0.3) is 22.3 Å². The van der Waals surface area contributed by atoms with Crippen LogP contribution in [-0.4, -0.2) is 53.8 Å². The van der Waals surface area contributed by atoms with Gasteiger partial charge in [-0.05, 0) is 52.3 Å². The third kappa shape index (κ3) is 4.50. The van der Waals surface area contributed by atoms with Gasteiger partial charge in [-0.1, -0.05) is 6.92 Å². The lowest BCUT2D eigenvalue weighted by Gasteiger charge is -2.31. The van der Waals surface area contributed by atoms with Crippen LogP contribution in [0.15, 0.2) is 30.6 Å². The highest BCUT2D eigenvalue weighted by molar-refractivity contribution is 5.83. The van der Waals surface area contributed by atoms with E-state index >= 15 is 0 Å². The third-order valence-corrected chi connectivity index (χ3v) is 6.69. The first-order chi connectivity index (χ1) is 16.8. The van der Waals surface area contributed by atoms with Crippen molar-refractivity contribution in [2.24, 2.45) is 0 Å². The second kappa shape index (κ2) is 9.33. The van der Waals surface area contributed by atoms with Crippen LogP contribution in [0.1, 0.15) is 51.5 Å². The number of nitrogens with one attached hydrogen (secondary N) is 1. The maximum Gasteiger partial charge on any atom is 0.229 e. The monoisotopic (exact) mass is 480 g/mol. The average Bonchev–Trinajstić information content (AvgIpc) is 3.44. The number of piperidine rings is 1. The number of aryl methyl sites for hydroxylation is 1. The van der Waals surface area contributed by atoms with E-state index in [1.807, 2.05) is 42.3 Å². The molecule has 1 aliphatic rings. The number of nitrogens with zero attached hydrogens (tertiary/aromatic N) is 7. The van der Waals surface area contributed by atoms with Gasteiger partial charge in [0.2, 0.25) is 5.95 Å². The molecule has 1 N–H and O–H groups in total. The van der Waals surface area contributed by atoms with Crippen molar-refractivity contribution in [2.75, 3.05) is 25.0 Å². The molecule has 0 saturated carbocycles. The normalized spacial score (nSPS) is 15.4. The summed E-state index contributed by atoms with van der Waals surface area (Å²) in [4.78, 5) is 15.2. The Balaban J connectivity index is 1.42. The van der Waals surface area contributed by atoms with Crippen LogP contribution in [0.2, 0.25) is 0 Å². The van der Waals surface area contributed by atoms with E-state index in [1.165, 1.54) is 6.07 Å². The minimum absolute atomic E-state index is 0.0174. The van der Waals surface area contributed by atoms with Crippen molar-refractivity contribution in [1.82, 2.24) is 34.2 Å². The standard InChI is InChI=1S/C25H30F2N8/c1-5-33-9-6-18(7-10-33)34-11-8-22(32-34)30-25-28-14-20(27)23(31-25)17-12-19(26)24-21(13-17)35(15(2)3)16(4)29-24/h8,11-15,18H,5-7,9-10H2,1-4H3,(H,28,30,31,32). The number of hydrogen-bond donors (Lipinski definition) is 1. The van der Waals surface area contributed by atoms with E-state index in [2.05, 4.69) is 37.2 Å². The molecule has 0 unspecified atom stereocenters. The maximum atomic E-state index is 14.9. The first kappa shape index (κ1) is 23.3. The highest BCUT2D eigenvalue weighted by Gasteiger charge is 2.21. The smallest absolute Gasteiger partial charge is 0.229 e. The Kier molecular flexibility index (Phi) is 6.22. The summed E-state index contributed by atoms with van der Waals surface area (Å²) >= 11 is 0. The summed E-state index contributed by atoms with van der Waals surface area (Å²) in [5.74, 6) is 0.333. The number of imidazole rings is 1. The van der Waals surface area contributed by atoms with Crippen LogP contribution >= 0.6 is 0 Å². The molecular formula is C25H30F2N8. The van der Waals surface area contributed by atoms with Crippen LogP contribution in [0, 0.1) is 18.6 Å². The number of hydrogen-bond acceptors (Lipinski definition) is 6. The van der Waals surface area contributed by atoms with Crippen molar-refractivity contribution in [3.8, 4) is 11.3 Å². The van der Waals surface area contributed by atoms with Crippen LogP contribution in [0.3, 0.4) is 0 Å². The van der Waals surface area contributed by atoms with Crippen molar-refractivity contribution >= 4 is 22.8 Å². The molecule has 4 aromatic rings. The molecule has 0 atom stereocenters. The van der Waals surface area contributed by atoms with Gasteiger partial charge in [0.15, 0.2) is 17.5 Å². The lowest BCUT2D eigenvalue weighted by molar-refractivity contribution is 0.188. The quantitative estimate of drug-likeness (QED) is 0.406. The van der Waals surface area contributed by atoms with Gasteiger partial charge in [0, 0.05) is 37.0 Å². The SMILES string of the molecule is CCN1CCC(n2ccc(Nc3ncc(F)c(-c4cc(F)c5nc(C)n(C(C)C)c5c4)n3)n2)CC1. The molecule has 1 fully saturated rings. The predicted molar refractivity (Wildman–Crippen MR) is 132 cm³/mol. The van der Waals surface area contributed by atoms with Crippen molar-refractivity contribution in [2.45, 2.75) is 52.6 Å². The molecule has 10 heteroatoms. The van der Waals surface area contributed by atoms with Crippen molar-refractivity contribution < 1.29 is 8.78 Å².